The van der Waals surface area contributed by atoms with Gasteiger partial charge in [-0.3, -0.25) is 0 Å². The van der Waals surface area contributed by atoms with Crippen LogP contribution in [0.5, 0.6) is 0 Å². The van der Waals surface area contributed by atoms with Gasteiger partial charge in [-0.1, -0.05) is 197 Å². The molecule has 0 saturated heterocycles. The molecule has 0 radical (unpaired) electrons. The molecule has 0 spiro atoms. The highest BCUT2D eigenvalue weighted by Gasteiger charge is 1.95. The van der Waals surface area contributed by atoms with Crippen LogP contribution in [0.3, 0.4) is 0 Å². The molecule has 0 aromatic rings. The highest BCUT2D eigenvalue weighted by Crippen LogP contribution is 2.15. The van der Waals surface area contributed by atoms with Gasteiger partial charge in [-0.15, -0.1) is 0 Å². The van der Waals surface area contributed by atoms with E-state index in [1.807, 2.05) is 0 Å². The second kappa shape index (κ2) is 36.0. The van der Waals surface area contributed by atoms with Crippen molar-refractivity contribution in [2.75, 3.05) is 0 Å². The maximum Gasteiger partial charge on any atom is -0.0169 e. The molecule has 0 heterocycles. The molecular weight excluding hydrogens is 456 g/mol. The molecule has 0 N–H and O–H groups in total. The first-order chi connectivity index (χ1) is 18.9. The minimum absolute atomic E-state index is 1.07. The Bertz CT molecular complexity index is 520. The van der Waals surface area contributed by atoms with Gasteiger partial charge in [0.15, 0.2) is 0 Å². The summed E-state index contributed by atoms with van der Waals surface area (Å²) in [4.78, 5) is 0. The molecule has 0 heteroatoms. The standard InChI is InChI=1S/C38H70/c1-3-5-7-9-11-13-15-17-19-21-23-25-27-29-31-33-35-37-38-36-34-32-30-28-26-24-22-20-18-16-14-12-10-8-6-4-2/h11,13,17,19,23,25,29,31H,3-10,12,14-16,18,20-22,24,26-28,30,32-38H2,1-2H3/b13-11-,19-17-,25-23-,31-29-. The molecule has 0 aliphatic rings. The summed E-state index contributed by atoms with van der Waals surface area (Å²) in [5.41, 5.74) is 0. The Morgan fingerprint density at radius 1 is 0.237 bits per heavy atom. The van der Waals surface area contributed by atoms with E-state index in [9.17, 15) is 0 Å². The highest BCUT2D eigenvalue weighted by atomic mass is 14.0. The average molecular weight is 527 g/mol. The maximum absolute atomic E-state index is 2.39. The van der Waals surface area contributed by atoms with Crippen LogP contribution in [0.2, 0.25) is 0 Å². The van der Waals surface area contributed by atoms with Gasteiger partial charge in [-0.2, -0.15) is 0 Å². The van der Waals surface area contributed by atoms with E-state index in [2.05, 4.69) is 62.5 Å². The Morgan fingerprint density at radius 2 is 0.447 bits per heavy atom. The monoisotopic (exact) mass is 527 g/mol. The van der Waals surface area contributed by atoms with Crippen molar-refractivity contribution in [3.8, 4) is 0 Å². The van der Waals surface area contributed by atoms with Crippen LogP contribution in [0.15, 0.2) is 48.6 Å². The van der Waals surface area contributed by atoms with Crippen LogP contribution in [0.1, 0.15) is 194 Å². The normalized spacial score (nSPS) is 12.4. The molecule has 0 amide bonds. The Labute approximate surface area is 241 Å². The van der Waals surface area contributed by atoms with Crippen LogP contribution in [-0.2, 0) is 0 Å². The zero-order chi connectivity index (χ0) is 27.5. The summed E-state index contributed by atoms with van der Waals surface area (Å²) in [6.45, 7) is 4.57. The number of hydrogen-bond acceptors (Lipinski definition) is 0. The Kier molecular flexibility index (Phi) is 35.0. The predicted molar refractivity (Wildman–Crippen MR) is 177 cm³/mol. The molecule has 0 fully saturated rings. The van der Waals surface area contributed by atoms with Crippen LogP contribution in [0, 0.1) is 0 Å². The maximum atomic E-state index is 2.39. The fourth-order valence-electron chi connectivity index (χ4n) is 5.08. The molecule has 0 aliphatic heterocycles. The smallest absolute Gasteiger partial charge is 0.0169 e. The van der Waals surface area contributed by atoms with E-state index in [4.69, 9.17) is 0 Å². The van der Waals surface area contributed by atoms with E-state index in [0.717, 1.165) is 19.3 Å². The van der Waals surface area contributed by atoms with Crippen molar-refractivity contribution in [2.24, 2.45) is 0 Å². The van der Waals surface area contributed by atoms with Gasteiger partial charge in [0.25, 0.3) is 0 Å². The van der Waals surface area contributed by atoms with Gasteiger partial charge >= 0.3 is 0 Å². The van der Waals surface area contributed by atoms with E-state index >= 15 is 0 Å². The van der Waals surface area contributed by atoms with E-state index in [0.29, 0.717) is 0 Å². The van der Waals surface area contributed by atoms with E-state index in [1.54, 1.807) is 0 Å². The summed E-state index contributed by atoms with van der Waals surface area (Å²) >= 11 is 0. The van der Waals surface area contributed by atoms with Crippen LogP contribution >= 0.6 is 0 Å². The topological polar surface area (TPSA) is 0 Å². The summed E-state index contributed by atoms with van der Waals surface area (Å²) in [6.07, 6.45) is 57.4. The van der Waals surface area contributed by atoms with E-state index in [1.165, 1.54) is 161 Å². The number of hydrogen-bond donors (Lipinski definition) is 0. The third kappa shape index (κ3) is 35.0. The van der Waals surface area contributed by atoms with Crippen molar-refractivity contribution in [3.05, 3.63) is 48.6 Å². The summed E-state index contributed by atoms with van der Waals surface area (Å²) in [5.74, 6) is 0. The minimum Gasteiger partial charge on any atom is -0.0882 e. The fourth-order valence-corrected chi connectivity index (χ4v) is 5.08. The van der Waals surface area contributed by atoms with Crippen molar-refractivity contribution in [2.45, 2.75) is 194 Å². The van der Waals surface area contributed by atoms with Gasteiger partial charge in [-0.25, -0.2) is 0 Å². The van der Waals surface area contributed by atoms with Gasteiger partial charge in [-0.05, 0) is 44.9 Å². The van der Waals surface area contributed by atoms with Crippen molar-refractivity contribution in [1.82, 2.24) is 0 Å². The summed E-state index contributed by atoms with van der Waals surface area (Å²) in [6, 6.07) is 0. The zero-order valence-corrected chi connectivity index (χ0v) is 26.4. The van der Waals surface area contributed by atoms with Crippen LogP contribution in [0.4, 0.5) is 0 Å². The molecule has 0 unspecified atom stereocenters. The Morgan fingerprint density at radius 3 is 0.763 bits per heavy atom. The zero-order valence-electron chi connectivity index (χ0n) is 26.4. The van der Waals surface area contributed by atoms with Crippen molar-refractivity contribution in [3.63, 3.8) is 0 Å². The molecule has 0 bridgehead atoms. The summed E-state index contributed by atoms with van der Waals surface area (Å²) < 4.78 is 0. The quantitative estimate of drug-likeness (QED) is 0.0622. The first kappa shape index (κ1) is 37.0. The van der Waals surface area contributed by atoms with Gasteiger partial charge in [0.2, 0.25) is 0 Å². The lowest BCUT2D eigenvalue weighted by atomic mass is 10.0. The summed E-state index contributed by atoms with van der Waals surface area (Å²) in [5, 5.41) is 0. The largest absolute Gasteiger partial charge is 0.0882 e. The lowest BCUT2D eigenvalue weighted by molar-refractivity contribution is 0.522. The van der Waals surface area contributed by atoms with E-state index < -0.39 is 0 Å². The molecule has 0 aromatic heterocycles. The third-order valence-corrected chi connectivity index (χ3v) is 7.68. The van der Waals surface area contributed by atoms with E-state index in [-0.39, 0.29) is 0 Å². The number of allylic oxidation sites excluding steroid dienone is 8. The first-order valence-electron chi connectivity index (χ1n) is 17.5. The molecule has 0 aromatic carbocycles. The van der Waals surface area contributed by atoms with Crippen molar-refractivity contribution < 1.29 is 0 Å². The third-order valence-electron chi connectivity index (χ3n) is 7.68. The molecule has 222 valence electrons. The molecule has 38 heavy (non-hydrogen) atoms. The molecule has 0 saturated carbocycles. The van der Waals surface area contributed by atoms with Crippen LogP contribution < -0.4 is 0 Å². The lowest BCUT2D eigenvalue weighted by Gasteiger charge is -2.04. The van der Waals surface area contributed by atoms with Crippen LogP contribution in [-0.4, -0.2) is 0 Å². The van der Waals surface area contributed by atoms with Gasteiger partial charge in [0.05, 0.1) is 0 Å². The predicted octanol–water partition coefficient (Wildman–Crippen LogP) is 14.2. The fraction of sp³-hybridized carbons (Fsp3) is 0.789. The van der Waals surface area contributed by atoms with Gasteiger partial charge in [0.1, 0.15) is 0 Å². The SMILES string of the molecule is CCCCC/C=C\C/C=C\C/C=C\C/C=C\CCCCCCCCCCCCCCCCCCCCCC. The minimum atomic E-state index is 1.07. The average Bonchev–Trinajstić information content (AvgIpc) is 2.93. The second-order valence-electron chi connectivity index (χ2n) is 11.6. The molecule has 0 aliphatic carbocycles. The number of rotatable bonds is 31. The molecule has 0 atom stereocenters. The lowest BCUT2D eigenvalue weighted by Crippen LogP contribution is -1.84. The van der Waals surface area contributed by atoms with Crippen molar-refractivity contribution in [1.29, 1.82) is 0 Å². The summed E-state index contributed by atoms with van der Waals surface area (Å²) in [7, 11) is 0. The first-order valence-corrected chi connectivity index (χ1v) is 17.5. The number of unbranched alkanes of at least 4 members (excludes halogenated alkanes) is 23. The second-order valence-corrected chi connectivity index (χ2v) is 11.6. The van der Waals surface area contributed by atoms with Crippen molar-refractivity contribution >= 4 is 0 Å². The highest BCUT2D eigenvalue weighted by molar-refractivity contribution is 4.99. The van der Waals surface area contributed by atoms with Crippen LogP contribution in [0.25, 0.3) is 0 Å². The molecule has 0 rings (SSSR count). The Balaban J connectivity index is 3.20. The molecule has 0 nitrogen and oxygen atoms in total. The molecular formula is C38H70. The van der Waals surface area contributed by atoms with Gasteiger partial charge in [0, 0.05) is 0 Å². The van der Waals surface area contributed by atoms with Gasteiger partial charge < -0.3 is 0 Å². The Hall–Kier alpha value is -1.04.